The maximum atomic E-state index is 13.4. The van der Waals surface area contributed by atoms with Gasteiger partial charge in [0, 0.05) is 5.56 Å². The molecule has 0 atom stereocenters. The third-order valence-corrected chi connectivity index (χ3v) is 6.20. The number of hydrogen-bond acceptors (Lipinski definition) is 3. The van der Waals surface area contributed by atoms with Gasteiger partial charge in [-0.2, -0.15) is 0 Å². The summed E-state index contributed by atoms with van der Waals surface area (Å²) in [5.41, 5.74) is 3.38. The number of alkyl halides is 2. The van der Waals surface area contributed by atoms with Crippen molar-refractivity contribution in [3.05, 3.63) is 46.5 Å². The maximum absolute atomic E-state index is 13.4. The van der Waals surface area contributed by atoms with Crippen LogP contribution in [0.15, 0.2) is 24.3 Å². The Kier molecular flexibility index (Phi) is 5.23. The molecule has 2 aromatic carbocycles. The number of fused-ring (bicyclic) bond motifs is 3. The molecule has 0 spiro atoms. The summed E-state index contributed by atoms with van der Waals surface area (Å²) in [6.07, 6.45) is 3.39. The van der Waals surface area contributed by atoms with E-state index in [1.807, 2.05) is 45.0 Å². The van der Waals surface area contributed by atoms with Crippen LogP contribution >= 0.6 is 0 Å². The number of unbranched alkanes of at least 4 members (excludes halogenated alkanes) is 2. The highest BCUT2D eigenvalue weighted by Crippen LogP contribution is 2.51. The van der Waals surface area contributed by atoms with Crippen LogP contribution in [0.2, 0.25) is 0 Å². The Morgan fingerprint density at radius 3 is 2.55 bits per heavy atom. The first-order chi connectivity index (χ1) is 14.5. The van der Waals surface area contributed by atoms with E-state index in [1.54, 1.807) is 0 Å². The van der Waals surface area contributed by atoms with Gasteiger partial charge in [-0.25, -0.2) is 8.78 Å². The van der Waals surface area contributed by atoms with Crippen LogP contribution in [0.3, 0.4) is 0 Å². The molecular formula is C25H29F2NO3. The van der Waals surface area contributed by atoms with E-state index in [-0.39, 0.29) is 11.3 Å². The highest BCUT2D eigenvalue weighted by molar-refractivity contribution is 6.03. The predicted molar refractivity (Wildman–Crippen MR) is 116 cm³/mol. The zero-order chi connectivity index (χ0) is 22.6. The van der Waals surface area contributed by atoms with Gasteiger partial charge in [-0.1, -0.05) is 43.5 Å². The molecule has 0 saturated carbocycles. The smallest absolute Gasteiger partial charge is 0.282 e. The van der Waals surface area contributed by atoms with E-state index in [4.69, 9.17) is 4.74 Å². The summed E-state index contributed by atoms with van der Waals surface area (Å²) < 4.78 is 33.2. The van der Waals surface area contributed by atoms with Crippen molar-refractivity contribution in [2.24, 2.45) is 0 Å². The second kappa shape index (κ2) is 7.50. The highest BCUT2D eigenvalue weighted by Gasteiger charge is 2.47. The number of halogens is 2. The summed E-state index contributed by atoms with van der Waals surface area (Å²) in [4.78, 5) is 14.3. The maximum Gasteiger partial charge on any atom is 0.282 e. The van der Waals surface area contributed by atoms with Gasteiger partial charge in [-0.15, -0.1) is 0 Å². The Morgan fingerprint density at radius 2 is 1.90 bits per heavy atom. The van der Waals surface area contributed by atoms with Gasteiger partial charge in [-0.05, 0) is 50.8 Å². The molecule has 2 heterocycles. The molecule has 0 aromatic heterocycles. The molecule has 4 rings (SSSR count). The molecule has 4 nitrogen and oxygen atoms in total. The Balaban J connectivity index is 1.87. The number of aryl methyl sites for hydroxylation is 2. The fraction of sp³-hybridized carbons (Fsp3) is 0.480. The van der Waals surface area contributed by atoms with Crippen LogP contribution < -0.4 is 4.74 Å². The summed E-state index contributed by atoms with van der Waals surface area (Å²) in [7, 11) is 0. The molecule has 1 N–H and O–H groups in total. The van der Waals surface area contributed by atoms with Crippen molar-refractivity contribution in [2.45, 2.75) is 64.9 Å². The second-order valence-corrected chi connectivity index (χ2v) is 9.27. The number of phenolic OH excluding ortho intramolecular Hbond substituents is 1. The minimum atomic E-state index is -2.86. The number of carbonyl (C=O) groups excluding carboxylic acids is 1. The SMILES string of the molecule is CCCCCc1cc2c(c(O)c1C(=O)N1CC(F)(F)C1)-c1cc(C)ccc1C(C)(C)O2. The summed E-state index contributed by atoms with van der Waals surface area (Å²) in [6, 6.07) is 7.75. The standard InChI is InChI=1S/C25H29F2NO3/c1-5-6-7-8-16-12-19-21(17-11-15(2)9-10-18(17)24(3,4)31-19)22(29)20(16)23(30)28-13-25(26,27)14-28/h9-12,29H,5-8,13-14H2,1-4H3. The van der Waals surface area contributed by atoms with Crippen LogP contribution in [-0.4, -0.2) is 34.9 Å². The molecule has 2 aliphatic heterocycles. The lowest BCUT2D eigenvalue weighted by molar-refractivity contribution is -0.113. The lowest BCUT2D eigenvalue weighted by Crippen LogP contribution is -2.58. The number of hydrogen-bond donors (Lipinski definition) is 1. The van der Waals surface area contributed by atoms with Crippen molar-refractivity contribution in [3.8, 4) is 22.6 Å². The average molecular weight is 430 g/mol. The molecule has 0 bridgehead atoms. The molecule has 6 heteroatoms. The molecule has 1 saturated heterocycles. The van der Waals surface area contributed by atoms with Crippen LogP contribution in [0.5, 0.6) is 11.5 Å². The van der Waals surface area contributed by atoms with E-state index >= 15 is 0 Å². The van der Waals surface area contributed by atoms with Gasteiger partial charge < -0.3 is 14.7 Å². The van der Waals surface area contributed by atoms with Crippen LogP contribution in [0.25, 0.3) is 11.1 Å². The van der Waals surface area contributed by atoms with E-state index in [9.17, 15) is 18.7 Å². The molecule has 166 valence electrons. The van der Waals surface area contributed by atoms with Crippen molar-refractivity contribution >= 4 is 5.91 Å². The first-order valence-corrected chi connectivity index (χ1v) is 10.9. The number of aromatic hydroxyl groups is 1. The minimum absolute atomic E-state index is 0.126. The summed E-state index contributed by atoms with van der Waals surface area (Å²) >= 11 is 0. The van der Waals surface area contributed by atoms with E-state index in [0.717, 1.165) is 40.9 Å². The second-order valence-electron chi connectivity index (χ2n) is 9.27. The van der Waals surface area contributed by atoms with Gasteiger partial charge in [0.25, 0.3) is 11.8 Å². The lowest BCUT2D eigenvalue weighted by atomic mass is 9.82. The van der Waals surface area contributed by atoms with Crippen LogP contribution in [0.1, 0.15) is 67.1 Å². The lowest BCUT2D eigenvalue weighted by Gasteiger charge is -2.40. The molecule has 2 aromatic rings. The summed E-state index contributed by atoms with van der Waals surface area (Å²) in [5, 5.41) is 11.3. The fourth-order valence-electron chi connectivity index (χ4n) is 4.57. The van der Waals surface area contributed by atoms with Crippen LogP contribution in [0, 0.1) is 6.92 Å². The number of rotatable bonds is 5. The van der Waals surface area contributed by atoms with Crippen LogP contribution in [-0.2, 0) is 12.0 Å². The highest BCUT2D eigenvalue weighted by atomic mass is 19.3. The number of carbonyl (C=O) groups is 1. The van der Waals surface area contributed by atoms with Crippen LogP contribution in [0.4, 0.5) is 8.78 Å². The van der Waals surface area contributed by atoms with E-state index in [2.05, 4.69) is 6.92 Å². The molecule has 0 aliphatic carbocycles. The average Bonchev–Trinajstić information content (AvgIpc) is 2.65. The van der Waals surface area contributed by atoms with Gasteiger partial charge in [-0.3, -0.25) is 4.79 Å². The van der Waals surface area contributed by atoms with Gasteiger partial charge in [0.15, 0.2) is 0 Å². The van der Waals surface area contributed by atoms with Gasteiger partial charge in [0.05, 0.1) is 24.2 Å². The number of amides is 1. The molecule has 1 amide bonds. The van der Waals surface area contributed by atoms with Crippen molar-refractivity contribution in [2.75, 3.05) is 13.1 Å². The number of ether oxygens (including phenoxy) is 1. The zero-order valence-corrected chi connectivity index (χ0v) is 18.5. The zero-order valence-electron chi connectivity index (χ0n) is 18.5. The fourth-order valence-corrected chi connectivity index (χ4v) is 4.57. The first kappa shape index (κ1) is 21.6. The predicted octanol–water partition coefficient (Wildman–Crippen LogP) is 5.82. The molecule has 1 fully saturated rings. The van der Waals surface area contributed by atoms with Gasteiger partial charge >= 0.3 is 0 Å². The summed E-state index contributed by atoms with van der Waals surface area (Å²) in [5.74, 6) is -3.06. The molecule has 0 radical (unpaired) electrons. The Hall–Kier alpha value is -2.63. The minimum Gasteiger partial charge on any atom is -0.506 e. The van der Waals surface area contributed by atoms with E-state index in [0.29, 0.717) is 23.3 Å². The van der Waals surface area contributed by atoms with Crippen molar-refractivity contribution in [1.82, 2.24) is 4.90 Å². The first-order valence-electron chi connectivity index (χ1n) is 10.9. The van der Waals surface area contributed by atoms with E-state index < -0.39 is 30.5 Å². The number of benzene rings is 2. The third-order valence-electron chi connectivity index (χ3n) is 6.20. The molecule has 2 aliphatic rings. The molecule has 0 unspecified atom stereocenters. The third kappa shape index (κ3) is 3.77. The Bertz CT molecular complexity index is 1040. The number of phenols is 1. The Morgan fingerprint density at radius 1 is 1.19 bits per heavy atom. The topological polar surface area (TPSA) is 49.8 Å². The Labute approximate surface area is 181 Å². The van der Waals surface area contributed by atoms with E-state index in [1.165, 1.54) is 0 Å². The number of likely N-dealkylation sites (tertiary alicyclic amines) is 1. The van der Waals surface area contributed by atoms with Crippen molar-refractivity contribution in [3.63, 3.8) is 0 Å². The monoisotopic (exact) mass is 429 g/mol. The van der Waals surface area contributed by atoms with Crippen molar-refractivity contribution in [1.29, 1.82) is 0 Å². The number of nitrogens with zero attached hydrogens (tertiary/aromatic N) is 1. The molecular weight excluding hydrogens is 400 g/mol. The van der Waals surface area contributed by atoms with Crippen molar-refractivity contribution < 1.29 is 23.4 Å². The normalized spacial score (nSPS) is 17.9. The molecule has 31 heavy (non-hydrogen) atoms. The van der Waals surface area contributed by atoms with Gasteiger partial charge in [0.1, 0.15) is 17.1 Å². The quantitative estimate of drug-likeness (QED) is 0.610. The van der Waals surface area contributed by atoms with Gasteiger partial charge in [0.2, 0.25) is 0 Å². The largest absolute Gasteiger partial charge is 0.506 e. The summed E-state index contributed by atoms with van der Waals surface area (Å²) in [6.45, 7) is 6.76.